The van der Waals surface area contributed by atoms with Crippen LogP contribution in [-0.4, -0.2) is 16.7 Å². The van der Waals surface area contributed by atoms with Gasteiger partial charge in [-0.15, -0.1) is 0 Å². The SMILES string of the molecule is Cc1nc([C@@H](N)CO)ccc1F. The van der Waals surface area contributed by atoms with Gasteiger partial charge in [-0.2, -0.15) is 0 Å². The molecule has 12 heavy (non-hydrogen) atoms. The van der Waals surface area contributed by atoms with Crippen LogP contribution in [0.5, 0.6) is 0 Å². The third kappa shape index (κ3) is 1.78. The third-order valence-corrected chi connectivity index (χ3v) is 1.62. The van der Waals surface area contributed by atoms with E-state index in [1.165, 1.54) is 12.1 Å². The number of nitrogens with two attached hydrogens (primary N) is 1. The van der Waals surface area contributed by atoms with E-state index >= 15 is 0 Å². The lowest BCUT2D eigenvalue weighted by atomic mass is 10.2. The number of halogens is 1. The maximum atomic E-state index is 12.7. The lowest BCUT2D eigenvalue weighted by molar-refractivity contribution is 0.265. The van der Waals surface area contributed by atoms with Crippen molar-refractivity contribution in [2.45, 2.75) is 13.0 Å². The minimum Gasteiger partial charge on any atom is -0.394 e. The molecule has 0 unspecified atom stereocenters. The topological polar surface area (TPSA) is 59.1 Å². The Bertz CT molecular complexity index is 278. The van der Waals surface area contributed by atoms with Crippen molar-refractivity contribution in [3.05, 3.63) is 29.3 Å². The smallest absolute Gasteiger partial charge is 0.144 e. The Balaban J connectivity index is 2.96. The second-order valence-corrected chi connectivity index (χ2v) is 2.59. The maximum absolute atomic E-state index is 12.7. The Labute approximate surface area is 70.0 Å². The molecule has 3 nitrogen and oxygen atoms in total. The molecular weight excluding hydrogens is 159 g/mol. The second kappa shape index (κ2) is 3.60. The molecule has 0 saturated carbocycles. The summed E-state index contributed by atoms with van der Waals surface area (Å²) in [7, 11) is 0. The van der Waals surface area contributed by atoms with Crippen LogP contribution in [0.1, 0.15) is 17.4 Å². The number of aromatic nitrogens is 1. The molecule has 0 aliphatic heterocycles. The van der Waals surface area contributed by atoms with Crippen molar-refractivity contribution in [1.29, 1.82) is 0 Å². The largest absolute Gasteiger partial charge is 0.394 e. The van der Waals surface area contributed by atoms with E-state index in [0.717, 1.165) is 0 Å². The van der Waals surface area contributed by atoms with Crippen LogP contribution >= 0.6 is 0 Å². The van der Waals surface area contributed by atoms with Crippen molar-refractivity contribution < 1.29 is 9.50 Å². The van der Waals surface area contributed by atoms with Gasteiger partial charge in [-0.25, -0.2) is 4.39 Å². The standard InChI is InChI=1S/C8H11FN2O/c1-5-6(9)2-3-8(11-5)7(10)4-12/h2-3,7,12H,4,10H2,1H3/t7-/m0/s1. The van der Waals surface area contributed by atoms with Crippen LogP contribution in [0, 0.1) is 12.7 Å². The van der Waals surface area contributed by atoms with Gasteiger partial charge in [-0.3, -0.25) is 4.98 Å². The highest BCUT2D eigenvalue weighted by Crippen LogP contribution is 2.09. The van der Waals surface area contributed by atoms with E-state index in [1.807, 2.05) is 0 Å². The molecule has 1 rings (SSSR count). The molecule has 0 aliphatic carbocycles. The molecule has 0 radical (unpaired) electrons. The summed E-state index contributed by atoms with van der Waals surface area (Å²) < 4.78 is 12.7. The fraction of sp³-hybridized carbons (Fsp3) is 0.375. The van der Waals surface area contributed by atoms with E-state index in [-0.39, 0.29) is 12.4 Å². The summed E-state index contributed by atoms with van der Waals surface area (Å²) in [6, 6.07) is 2.25. The van der Waals surface area contributed by atoms with Crippen LogP contribution in [0.2, 0.25) is 0 Å². The summed E-state index contributed by atoms with van der Waals surface area (Å²) in [5, 5.41) is 8.69. The van der Waals surface area contributed by atoms with Gasteiger partial charge in [0, 0.05) is 0 Å². The number of aryl methyl sites for hydroxylation is 1. The number of nitrogens with zero attached hydrogens (tertiary/aromatic N) is 1. The van der Waals surface area contributed by atoms with Gasteiger partial charge < -0.3 is 10.8 Å². The summed E-state index contributed by atoms with van der Waals surface area (Å²) in [5.74, 6) is -0.358. The van der Waals surface area contributed by atoms with Crippen molar-refractivity contribution in [3.8, 4) is 0 Å². The highest BCUT2D eigenvalue weighted by Gasteiger charge is 2.07. The van der Waals surface area contributed by atoms with Crippen molar-refractivity contribution >= 4 is 0 Å². The van der Waals surface area contributed by atoms with Crippen LogP contribution < -0.4 is 5.73 Å². The number of hydrogen-bond acceptors (Lipinski definition) is 3. The number of rotatable bonds is 2. The van der Waals surface area contributed by atoms with Crippen molar-refractivity contribution in [2.24, 2.45) is 5.73 Å². The minimum absolute atomic E-state index is 0.182. The summed E-state index contributed by atoms with van der Waals surface area (Å²) in [4.78, 5) is 3.88. The Kier molecular flexibility index (Phi) is 2.73. The van der Waals surface area contributed by atoms with Crippen LogP contribution in [0.3, 0.4) is 0 Å². The van der Waals surface area contributed by atoms with Crippen molar-refractivity contribution in [3.63, 3.8) is 0 Å². The molecule has 1 aromatic rings. The summed E-state index contributed by atoms with van der Waals surface area (Å²) in [5.41, 5.74) is 6.29. The molecule has 0 bridgehead atoms. The van der Waals surface area contributed by atoms with Crippen LogP contribution in [0.25, 0.3) is 0 Å². The molecule has 1 aromatic heterocycles. The van der Waals surface area contributed by atoms with E-state index in [0.29, 0.717) is 11.4 Å². The highest BCUT2D eigenvalue weighted by molar-refractivity contribution is 5.14. The van der Waals surface area contributed by atoms with Crippen LogP contribution in [0.15, 0.2) is 12.1 Å². The number of aliphatic hydroxyl groups is 1. The molecule has 3 N–H and O–H groups in total. The van der Waals surface area contributed by atoms with Gasteiger partial charge in [-0.1, -0.05) is 0 Å². The van der Waals surface area contributed by atoms with Crippen LogP contribution in [-0.2, 0) is 0 Å². The molecule has 0 aromatic carbocycles. The van der Waals surface area contributed by atoms with E-state index in [2.05, 4.69) is 4.98 Å². The lowest BCUT2D eigenvalue weighted by Crippen LogP contribution is -2.16. The molecule has 0 spiro atoms. The Morgan fingerprint density at radius 3 is 2.83 bits per heavy atom. The Hall–Kier alpha value is -1.00. The minimum atomic E-state index is -0.524. The molecule has 0 saturated heterocycles. The van der Waals surface area contributed by atoms with Crippen molar-refractivity contribution in [1.82, 2.24) is 4.98 Å². The first kappa shape index (κ1) is 9.09. The summed E-state index contributed by atoms with van der Waals surface area (Å²) >= 11 is 0. The van der Waals surface area contributed by atoms with Gasteiger partial charge in [0.15, 0.2) is 0 Å². The fourth-order valence-corrected chi connectivity index (χ4v) is 0.864. The van der Waals surface area contributed by atoms with E-state index in [1.54, 1.807) is 6.92 Å². The molecule has 1 atom stereocenters. The maximum Gasteiger partial charge on any atom is 0.144 e. The monoisotopic (exact) mass is 170 g/mol. The molecule has 0 amide bonds. The Morgan fingerprint density at radius 2 is 2.33 bits per heavy atom. The van der Waals surface area contributed by atoms with Crippen molar-refractivity contribution in [2.75, 3.05) is 6.61 Å². The molecule has 0 fully saturated rings. The summed E-state index contributed by atoms with van der Waals surface area (Å²) in [6.45, 7) is 1.38. The van der Waals surface area contributed by atoms with Gasteiger partial charge in [0.2, 0.25) is 0 Å². The number of hydrogen-bond donors (Lipinski definition) is 2. The molecule has 1 heterocycles. The zero-order valence-electron chi connectivity index (χ0n) is 6.79. The highest BCUT2D eigenvalue weighted by atomic mass is 19.1. The summed E-state index contributed by atoms with van der Waals surface area (Å²) in [6.07, 6.45) is 0. The lowest BCUT2D eigenvalue weighted by Gasteiger charge is -2.07. The zero-order valence-corrected chi connectivity index (χ0v) is 6.79. The van der Waals surface area contributed by atoms with E-state index in [4.69, 9.17) is 10.8 Å². The fourth-order valence-electron chi connectivity index (χ4n) is 0.864. The zero-order chi connectivity index (χ0) is 9.14. The first-order valence-electron chi connectivity index (χ1n) is 3.64. The first-order chi connectivity index (χ1) is 5.65. The quantitative estimate of drug-likeness (QED) is 0.680. The predicted molar refractivity (Wildman–Crippen MR) is 42.9 cm³/mol. The van der Waals surface area contributed by atoms with Gasteiger partial charge in [0.05, 0.1) is 24.0 Å². The average Bonchev–Trinajstić information content (AvgIpc) is 2.08. The first-order valence-corrected chi connectivity index (χ1v) is 3.64. The second-order valence-electron chi connectivity index (χ2n) is 2.59. The van der Waals surface area contributed by atoms with Gasteiger partial charge in [0.1, 0.15) is 5.82 Å². The molecular formula is C8H11FN2O. The number of aliphatic hydroxyl groups excluding tert-OH is 1. The van der Waals surface area contributed by atoms with E-state index < -0.39 is 6.04 Å². The number of pyridine rings is 1. The Morgan fingerprint density at radius 1 is 1.67 bits per heavy atom. The van der Waals surface area contributed by atoms with Gasteiger partial charge in [-0.05, 0) is 19.1 Å². The predicted octanol–water partition coefficient (Wildman–Crippen LogP) is 0.521. The third-order valence-electron chi connectivity index (χ3n) is 1.62. The molecule has 0 aliphatic rings. The van der Waals surface area contributed by atoms with Gasteiger partial charge in [0.25, 0.3) is 0 Å². The average molecular weight is 170 g/mol. The van der Waals surface area contributed by atoms with E-state index in [9.17, 15) is 4.39 Å². The van der Waals surface area contributed by atoms with Gasteiger partial charge >= 0.3 is 0 Å². The molecule has 4 heteroatoms. The van der Waals surface area contributed by atoms with Crippen LogP contribution in [0.4, 0.5) is 4.39 Å². The molecule has 66 valence electrons. The normalized spacial score (nSPS) is 13.0.